The van der Waals surface area contributed by atoms with Gasteiger partial charge in [0.1, 0.15) is 5.75 Å². The number of hydrogen-bond donors (Lipinski definition) is 1. The Morgan fingerprint density at radius 3 is 2.74 bits per heavy atom. The van der Waals surface area contributed by atoms with Crippen LogP contribution in [-0.4, -0.2) is 17.8 Å². The number of carbonyl (C=O) groups is 1. The largest absolute Gasteiger partial charge is 0.493 e. The molecule has 1 aliphatic heterocycles. The van der Waals surface area contributed by atoms with Crippen LogP contribution in [-0.2, 0) is 4.79 Å². The number of carbonyl (C=O) groups excluding carboxylic acids is 1. The summed E-state index contributed by atoms with van der Waals surface area (Å²) < 4.78 is 5.65. The molecule has 1 N–H and O–H groups in total. The molecule has 2 aromatic carbocycles. The fourth-order valence-corrected chi connectivity index (χ4v) is 3.53. The first-order chi connectivity index (χ1) is 11.1. The van der Waals surface area contributed by atoms with E-state index >= 15 is 0 Å². The number of amides is 1. The molecule has 0 aliphatic carbocycles. The highest BCUT2D eigenvalue weighted by Crippen LogP contribution is 2.32. The van der Waals surface area contributed by atoms with Crippen molar-refractivity contribution in [3.8, 4) is 5.75 Å². The van der Waals surface area contributed by atoms with E-state index in [1.54, 1.807) is 11.8 Å². The van der Waals surface area contributed by atoms with Crippen LogP contribution in [0, 0.1) is 6.92 Å². The maximum absolute atomic E-state index is 12.5. The van der Waals surface area contributed by atoms with E-state index in [-0.39, 0.29) is 17.2 Å². The minimum Gasteiger partial charge on any atom is -0.493 e. The minimum absolute atomic E-state index is 0.0357. The molecule has 120 valence electrons. The number of para-hydroxylation sites is 1. The Hall–Kier alpha value is -1.94. The number of nitrogens with one attached hydrogen (secondary N) is 1. The molecule has 2 atom stereocenters. The van der Waals surface area contributed by atoms with Gasteiger partial charge in [-0.3, -0.25) is 4.79 Å². The van der Waals surface area contributed by atoms with E-state index in [1.165, 1.54) is 5.56 Å². The highest BCUT2D eigenvalue weighted by Gasteiger charge is 2.24. The monoisotopic (exact) mass is 327 g/mol. The summed E-state index contributed by atoms with van der Waals surface area (Å²) in [6.45, 7) is 4.65. The molecule has 3 rings (SSSR count). The summed E-state index contributed by atoms with van der Waals surface area (Å²) in [6, 6.07) is 16.2. The molecule has 1 aliphatic rings. The smallest absolute Gasteiger partial charge is 0.233 e. The first-order valence-corrected chi connectivity index (χ1v) is 8.77. The van der Waals surface area contributed by atoms with Crippen molar-refractivity contribution in [2.75, 3.05) is 6.61 Å². The van der Waals surface area contributed by atoms with Crippen LogP contribution in [0.4, 0.5) is 0 Å². The van der Waals surface area contributed by atoms with Gasteiger partial charge in [-0.15, -0.1) is 11.8 Å². The van der Waals surface area contributed by atoms with Crippen molar-refractivity contribution < 1.29 is 9.53 Å². The van der Waals surface area contributed by atoms with Crippen molar-refractivity contribution in [3.63, 3.8) is 0 Å². The molecule has 23 heavy (non-hydrogen) atoms. The van der Waals surface area contributed by atoms with Crippen LogP contribution < -0.4 is 10.1 Å². The molecule has 1 heterocycles. The lowest BCUT2D eigenvalue weighted by Gasteiger charge is -2.27. The summed E-state index contributed by atoms with van der Waals surface area (Å²) in [5, 5.41) is 3.03. The van der Waals surface area contributed by atoms with Crippen molar-refractivity contribution >= 4 is 17.7 Å². The first-order valence-electron chi connectivity index (χ1n) is 7.89. The average Bonchev–Trinajstić information content (AvgIpc) is 2.57. The van der Waals surface area contributed by atoms with E-state index in [4.69, 9.17) is 4.74 Å². The van der Waals surface area contributed by atoms with Crippen molar-refractivity contribution in [1.29, 1.82) is 0 Å². The maximum atomic E-state index is 12.5. The quantitative estimate of drug-likeness (QED) is 0.859. The van der Waals surface area contributed by atoms with E-state index in [2.05, 4.69) is 36.5 Å². The highest BCUT2D eigenvalue weighted by molar-refractivity contribution is 8.00. The molecule has 3 nitrogen and oxygen atoms in total. The Kier molecular flexibility index (Phi) is 4.91. The number of aryl methyl sites for hydroxylation is 1. The van der Waals surface area contributed by atoms with Gasteiger partial charge in [0.15, 0.2) is 0 Å². The molecule has 1 amide bonds. The van der Waals surface area contributed by atoms with Gasteiger partial charge in [0, 0.05) is 16.9 Å². The van der Waals surface area contributed by atoms with E-state index < -0.39 is 0 Å². The van der Waals surface area contributed by atoms with Crippen molar-refractivity contribution in [3.05, 3.63) is 59.7 Å². The van der Waals surface area contributed by atoms with E-state index in [9.17, 15) is 4.79 Å². The Bertz CT molecular complexity index is 684. The summed E-state index contributed by atoms with van der Waals surface area (Å²) in [5.41, 5.74) is 2.30. The van der Waals surface area contributed by atoms with E-state index in [1.807, 2.05) is 31.2 Å². The molecular formula is C19H21NO2S. The number of ether oxygens (including phenoxy) is 1. The summed E-state index contributed by atoms with van der Waals surface area (Å²) in [5.74, 6) is 0.945. The van der Waals surface area contributed by atoms with Crippen LogP contribution >= 0.6 is 11.8 Å². The summed E-state index contributed by atoms with van der Waals surface area (Å²) in [6.07, 6.45) is 0.810. The molecule has 0 spiro atoms. The summed E-state index contributed by atoms with van der Waals surface area (Å²) >= 11 is 1.59. The second-order valence-electron chi connectivity index (χ2n) is 5.81. The van der Waals surface area contributed by atoms with Gasteiger partial charge >= 0.3 is 0 Å². The number of benzene rings is 2. The SMILES string of the molecule is Cc1ccc(S[C@H](C)C(=O)N[C@H]2CCOc3ccccc32)cc1. The topological polar surface area (TPSA) is 38.3 Å². The Morgan fingerprint density at radius 1 is 1.22 bits per heavy atom. The van der Waals surface area contributed by atoms with Crippen LogP contribution in [0.1, 0.15) is 30.5 Å². The van der Waals surface area contributed by atoms with Gasteiger partial charge in [-0.1, -0.05) is 35.9 Å². The van der Waals surface area contributed by atoms with Gasteiger partial charge in [0.25, 0.3) is 0 Å². The Labute approximate surface area is 141 Å². The Balaban J connectivity index is 1.64. The van der Waals surface area contributed by atoms with Gasteiger partial charge in [-0.05, 0) is 32.0 Å². The molecule has 0 aromatic heterocycles. The van der Waals surface area contributed by atoms with Crippen molar-refractivity contribution in [1.82, 2.24) is 5.32 Å². The molecule has 0 saturated carbocycles. The number of rotatable bonds is 4. The normalized spacial score (nSPS) is 17.7. The van der Waals surface area contributed by atoms with Crippen LogP contribution in [0.2, 0.25) is 0 Å². The maximum Gasteiger partial charge on any atom is 0.233 e. The number of hydrogen-bond acceptors (Lipinski definition) is 3. The third kappa shape index (κ3) is 3.88. The fraction of sp³-hybridized carbons (Fsp3) is 0.316. The first kappa shape index (κ1) is 15.9. The van der Waals surface area contributed by atoms with Gasteiger partial charge in [0.05, 0.1) is 17.9 Å². The minimum atomic E-state index is -0.132. The molecule has 0 radical (unpaired) electrons. The van der Waals surface area contributed by atoms with Crippen LogP contribution in [0.15, 0.2) is 53.4 Å². The van der Waals surface area contributed by atoms with Gasteiger partial charge in [0.2, 0.25) is 5.91 Å². The van der Waals surface area contributed by atoms with E-state index in [0.29, 0.717) is 6.61 Å². The predicted molar refractivity (Wildman–Crippen MR) is 93.9 cm³/mol. The zero-order chi connectivity index (χ0) is 16.2. The van der Waals surface area contributed by atoms with Gasteiger partial charge in [-0.2, -0.15) is 0 Å². The molecule has 2 aromatic rings. The fourth-order valence-electron chi connectivity index (χ4n) is 2.66. The average molecular weight is 327 g/mol. The van der Waals surface area contributed by atoms with Crippen LogP contribution in [0.3, 0.4) is 0 Å². The lowest BCUT2D eigenvalue weighted by molar-refractivity contribution is -0.121. The van der Waals surface area contributed by atoms with Crippen molar-refractivity contribution in [2.24, 2.45) is 0 Å². The highest BCUT2D eigenvalue weighted by atomic mass is 32.2. The number of fused-ring (bicyclic) bond motifs is 1. The standard InChI is InChI=1S/C19H21NO2S/c1-13-7-9-15(10-8-13)23-14(2)19(21)20-17-11-12-22-18-6-4-3-5-16(17)18/h3-10,14,17H,11-12H2,1-2H3,(H,20,21)/t14-,17+/m1/s1. The molecule has 0 saturated heterocycles. The third-order valence-electron chi connectivity index (χ3n) is 3.98. The second kappa shape index (κ2) is 7.09. The van der Waals surface area contributed by atoms with Gasteiger partial charge < -0.3 is 10.1 Å². The third-order valence-corrected chi connectivity index (χ3v) is 5.09. The zero-order valence-corrected chi connectivity index (χ0v) is 14.2. The Morgan fingerprint density at radius 2 is 1.96 bits per heavy atom. The molecular weight excluding hydrogens is 306 g/mol. The molecule has 4 heteroatoms. The lowest BCUT2D eigenvalue weighted by atomic mass is 10.0. The molecule has 0 unspecified atom stereocenters. The molecule has 0 fully saturated rings. The summed E-state index contributed by atoms with van der Waals surface area (Å²) in [7, 11) is 0. The zero-order valence-electron chi connectivity index (χ0n) is 13.4. The van der Waals surface area contributed by atoms with Crippen LogP contribution in [0.5, 0.6) is 5.75 Å². The van der Waals surface area contributed by atoms with Crippen molar-refractivity contribution in [2.45, 2.75) is 36.5 Å². The lowest BCUT2D eigenvalue weighted by Crippen LogP contribution is -2.36. The van der Waals surface area contributed by atoms with Crippen LogP contribution in [0.25, 0.3) is 0 Å². The van der Waals surface area contributed by atoms with Gasteiger partial charge in [-0.25, -0.2) is 0 Å². The molecule has 0 bridgehead atoms. The second-order valence-corrected chi connectivity index (χ2v) is 7.22. The van der Waals surface area contributed by atoms with E-state index in [0.717, 1.165) is 22.6 Å². The number of thioether (sulfide) groups is 1. The summed E-state index contributed by atoms with van der Waals surface area (Å²) in [4.78, 5) is 13.6. The predicted octanol–water partition coefficient (Wildman–Crippen LogP) is 4.12.